The number of hydrogen-bond acceptors (Lipinski definition) is 4. The van der Waals surface area contributed by atoms with Crippen molar-refractivity contribution < 1.29 is 14.1 Å². The number of nitro groups is 1. The molecule has 1 rings (SSSR count). The van der Waals surface area contributed by atoms with Crippen LogP contribution in [0.4, 0.5) is 15.8 Å². The average molecular weight is 242 g/mol. The van der Waals surface area contributed by atoms with Gasteiger partial charge >= 0.3 is 0 Å². The van der Waals surface area contributed by atoms with Gasteiger partial charge in [0, 0.05) is 24.9 Å². The van der Waals surface area contributed by atoms with Crippen LogP contribution in [0.3, 0.4) is 0 Å². The third kappa shape index (κ3) is 4.36. The maximum atomic E-state index is 13.1. The van der Waals surface area contributed by atoms with E-state index >= 15 is 0 Å². The second-order valence-electron chi connectivity index (χ2n) is 3.60. The Morgan fingerprint density at radius 3 is 2.82 bits per heavy atom. The number of rotatable bonds is 6. The zero-order valence-corrected chi connectivity index (χ0v) is 9.77. The van der Waals surface area contributed by atoms with Gasteiger partial charge < -0.3 is 10.1 Å². The van der Waals surface area contributed by atoms with Gasteiger partial charge in [-0.3, -0.25) is 10.1 Å². The first-order valence-electron chi connectivity index (χ1n) is 5.33. The number of hydrogen-bond donors (Lipinski definition) is 1. The summed E-state index contributed by atoms with van der Waals surface area (Å²) in [6.45, 7) is 4.80. The molecule has 1 aromatic carbocycles. The van der Waals surface area contributed by atoms with Crippen molar-refractivity contribution in [2.45, 2.75) is 20.0 Å². The van der Waals surface area contributed by atoms with Crippen molar-refractivity contribution >= 4 is 11.4 Å². The van der Waals surface area contributed by atoms with Gasteiger partial charge in [0.15, 0.2) is 0 Å². The molecule has 0 bridgehead atoms. The monoisotopic (exact) mass is 242 g/mol. The molecule has 5 nitrogen and oxygen atoms in total. The highest BCUT2D eigenvalue weighted by molar-refractivity contribution is 5.51. The van der Waals surface area contributed by atoms with Crippen molar-refractivity contribution in [2.24, 2.45) is 0 Å². The van der Waals surface area contributed by atoms with Gasteiger partial charge in [-0.25, -0.2) is 4.39 Å². The molecule has 1 atom stereocenters. The minimum absolute atomic E-state index is 0.0395. The van der Waals surface area contributed by atoms with Crippen LogP contribution in [0, 0.1) is 15.9 Å². The number of non-ortho nitro benzene ring substituents is 1. The number of ether oxygens (including phenoxy) is 1. The number of halogens is 1. The fourth-order valence-corrected chi connectivity index (χ4v) is 1.39. The van der Waals surface area contributed by atoms with Gasteiger partial charge in [-0.15, -0.1) is 0 Å². The van der Waals surface area contributed by atoms with E-state index in [9.17, 15) is 14.5 Å². The zero-order valence-electron chi connectivity index (χ0n) is 9.77. The number of anilines is 1. The average Bonchev–Trinajstić information content (AvgIpc) is 2.26. The summed E-state index contributed by atoms with van der Waals surface area (Å²) in [7, 11) is 0. The molecule has 17 heavy (non-hydrogen) atoms. The highest BCUT2D eigenvalue weighted by Crippen LogP contribution is 2.19. The van der Waals surface area contributed by atoms with Gasteiger partial charge in [-0.1, -0.05) is 0 Å². The molecule has 94 valence electrons. The Hall–Kier alpha value is -1.69. The van der Waals surface area contributed by atoms with Crippen LogP contribution < -0.4 is 5.32 Å². The van der Waals surface area contributed by atoms with Crippen molar-refractivity contribution in [2.75, 3.05) is 18.5 Å². The van der Waals surface area contributed by atoms with E-state index in [0.29, 0.717) is 18.8 Å². The molecule has 0 radical (unpaired) electrons. The molecule has 0 saturated carbocycles. The lowest BCUT2D eigenvalue weighted by Gasteiger charge is -2.13. The molecular formula is C11H15FN2O3. The Balaban J connectivity index is 2.68. The number of nitro benzene ring substituents is 1. The third-order valence-electron chi connectivity index (χ3n) is 2.14. The van der Waals surface area contributed by atoms with E-state index in [1.54, 1.807) is 0 Å². The molecular weight excluding hydrogens is 227 g/mol. The van der Waals surface area contributed by atoms with Gasteiger partial charge in [0.2, 0.25) is 0 Å². The van der Waals surface area contributed by atoms with Crippen LogP contribution in [0.25, 0.3) is 0 Å². The number of nitrogens with zero attached hydrogens (tertiary/aromatic N) is 1. The van der Waals surface area contributed by atoms with Gasteiger partial charge in [0.1, 0.15) is 5.82 Å². The Morgan fingerprint density at radius 2 is 2.24 bits per heavy atom. The van der Waals surface area contributed by atoms with E-state index in [4.69, 9.17) is 4.74 Å². The van der Waals surface area contributed by atoms with E-state index in [-0.39, 0.29) is 11.8 Å². The molecule has 0 amide bonds. The SMILES string of the molecule is CCOC(C)CNc1cc(F)cc([N+](=O)[O-])c1. The Morgan fingerprint density at radius 1 is 1.53 bits per heavy atom. The van der Waals surface area contributed by atoms with Crippen LogP contribution in [0.2, 0.25) is 0 Å². The van der Waals surface area contributed by atoms with E-state index in [0.717, 1.165) is 6.07 Å². The third-order valence-corrected chi connectivity index (χ3v) is 2.14. The van der Waals surface area contributed by atoms with Gasteiger partial charge in [-0.05, 0) is 19.9 Å². The summed E-state index contributed by atoms with van der Waals surface area (Å²) in [6, 6.07) is 3.39. The summed E-state index contributed by atoms with van der Waals surface area (Å²) in [5, 5.41) is 13.4. The molecule has 0 aliphatic carbocycles. The lowest BCUT2D eigenvalue weighted by molar-refractivity contribution is -0.385. The van der Waals surface area contributed by atoms with Crippen LogP contribution >= 0.6 is 0 Å². The van der Waals surface area contributed by atoms with Gasteiger partial charge in [0.05, 0.1) is 17.1 Å². The standard InChI is InChI=1S/C11H15FN2O3/c1-3-17-8(2)7-13-10-4-9(12)5-11(6-10)14(15)16/h4-6,8,13H,3,7H2,1-2H3. The van der Waals surface area contributed by atoms with Crippen LogP contribution in [0.15, 0.2) is 18.2 Å². The second kappa shape index (κ2) is 6.15. The summed E-state index contributed by atoms with van der Waals surface area (Å²) in [5.41, 5.74) is 0.111. The molecule has 0 saturated heterocycles. The molecule has 1 aromatic rings. The fourth-order valence-electron chi connectivity index (χ4n) is 1.39. The topological polar surface area (TPSA) is 64.4 Å². The van der Waals surface area contributed by atoms with Crippen LogP contribution in [0.5, 0.6) is 0 Å². The molecule has 0 spiro atoms. The summed E-state index contributed by atoms with van der Waals surface area (Å²) in [4.78, 5) is 9.91. The summed E-state index contributed by atoms with van der Waals surface area (Å²) < 4.78 is 18.4. The fraction of sp³-hybridized carbons (Fsp3) is 0.455. The van der Waals surface area contributed by atoms with Gasteiger partial charge in [0.25, 0.3) is 5.69 Å². The molecule has 0 heterocycles. The molecule has 1 unspecified atom stereocenters. The molecule has 0 aliphatic heterocycles. The van der Waals surface area contributed by atoms with Crippen molar-refractivity contribution in [3.63, 3.8) is 0 Å². The minimum Gasteiger partial charge on any atom is -0.382 e. The quantitative estimate of drug-likeness (QED) is 0.615. The highest BCUT2D eigenvalue weighted by Gasteiger charge is 2.10. The normalized spacial score (nSPS) is 12.2. The van der Waals surface area contributed by atoms with E-state index in [1.165, 1.54) is 12.1 Å². The summed E-state index contributed by atoms with van der Waals surface area (Å²) in [6.07, 6.45) is -0.0395. The van der Waals surface area contributed by atoms with Gasteiger partial charge in [-0.2, -0.15) is 0 Å². The summed E-state index contributed by atoms with van der Waals surface area (Å²) in [5.74, 6) is -0.634. The smallest absolute Gasteiger partial charge is 0.274 e. The molecule has 6 heteroatoms. The Labute approximate surface area is 98.7 Å². The Bertz CT molecular complexity index is 398. The largest absolute Gasteiger partial charge is 0.382 e. The summed E-state index contributed by atoms with van der Waals surface area (Å²) >= 11 is 0. The minimum atomic E-state index is -0.634. The maximum Gasteiger partial charge on any atom is 0.274 e. The lowest BCUT2D eigenvalue weighted by Crippen LogP contribution is -2.19. The highest BCUT2D eigenvalue weighted by atomic mass is 19.1. The predicted octanol–water partition coefficient (Wildman–Crippen LogP) is 2.57. The first-order valence-corrected chi connectivity index (χ1v) is 5.33. The lowest BCUT2D eigenvalue weighted by atomic mass is 10.2. The van der Waals surface area contributed by atoms with E-state index in [1.807, 2.05) is 13.8 Å². The zero-order chi connectivity index (χ0) is 12.8. The van der Waals surface area contributed by atoms with Crippen LogP contribution in [-0.2, 0) is 4.74 Å². The molecule has 1 N–H and O–H groups in total. The first-order chi connectivity index (χ1) is 8.02. The molecule has 0 aromatic heterocycles. The van der Waals surface area contributed by atoms with Crippen LogP contribution in [-0.4, -0.2) is 24.2 Å². The predicted molar refractivity (Wildman–Crippen MR) is 62.6 cm³/mol. The van der Waals surface area contributed by atoms with Crippen LogP contribution in [0.1, 0.15) is 13.8 Å². The molecule has 0 fully saturated rings. The van der Waals surface area contributed by atoms with Crippen molar-refractivity contribution in [3.05, 3.63) is 34.1 Å². The van der Waals surface area contributed by atoms with Crippen molar-refractivity contribution in [1.29, 1.82) is 0 Å². The van der Waals surface area contributed by atoms with E-state index < -0.39 is 10.7 Å². The van der Waals surface area contributed by atoms with Crippen molar-refractivity contribution in [1.82, 2.24) is 0 Å². The van der Waals surface area contributed by atoms with Crippen molar-refractivity contribution in [3.8, 4) is 0 Å². The maximum absolute atomic E-state index is 13.1. The number of nitrogens with one attached hydrogen (secondary N) is 1. The molecule has 0 aliphatic rings. The first kappa shape index (κ1) is 13.4. The number of benzene rings is 1. The Kier molecular flexibility index (Phi) is 4.84. The van der Waals surface area contributed by atoms with E-state index in [2.05, 4.69) is 5.32 Å². The second-order valence-corrected chi connectivity index (χ2v) is 3.60.